The molecule has 0 bridgehead atoms. The van der Waals surface area contributed by atoms with Crippen LogP contribution in [-0.2, 0) is 17.8 Å². The first-order valence-electron chi connectivity index (χ1n) is 8.28. The van der Waals surface area contributed by atoms with E-state index < -0.39 is 0 Å². The molecule has 0 saturated carbocycles. The first-order chi connectivity index (χ1) is 12.5. The van der Waals surface area contributed by atoms with Gasteiger partial charge in [0.15, 0.2) is 0 Å². The van der Waals surface area contributed by atoms with E-state index in [1.807, 2.05) is 36.4 Å². The molecule has 0 aliphatic carbocycles. The molecule has 0 atom stereocenters. The Morgan fingerprint density at radius 2 is 1.73 bits per heavy atom. The van der Waals surface area contributed by atoms with Gasteiger partial charge in [0.1, 0.15) is 6.54 Å². The predicted octanol–water partition coefficient (Wildman–Crippen LogP) is 3.87. The van der Waals surface area contributed by atoms with E-state index in [-0.39, 0.29) is 18.0 Å². The van der Waals surface area contributed by atoms with Crippen LogP contribution in [0.1, 0.15) is 12.5 Å². The molecule has 3 rings (SSSR count). The summed E-state index contributed by atoms with van der Waals surface area (Å²) in [5.74, 6) is -0.305. The quantitative estimate of drug-likeness (QED) is 0.692. The molecule has 0 fully saturated rings. The minimum absolute atomic E-state index is 0.143. The van der Waals surface area contributed by atoms with E-state index >= 15 is 0 Å². The molecule has 1 heterocycles. The molecule has 0 aliphatic rings. The molecule has 26 heavy (non-hydrogen) atoms. The van der Waals surface area contributed by atoms with Crippen molar-refractivity contribution in [2.75, 3.05) is 5.32 Å². The summed E-state index contributed by atoms with van der Waals surface area (Å²) in [5, 5.41) is 7.09. The lowest BCUT2D eigenvalue weighted by molar-refractivity contribution is -0.117. The third-order valence-electron chi connectivity index (χ3n) is 3.95. The molecule has 0 spiro atoms. The standard InChI is InChI=1S/C20H18BrN3O2/c1-2-14-3-5-15(6-4-14)18-11-12-20(26)24(23-18)13-19(25)22-17-9-7-16(21)8-10-17/h3-12H,2,13H2,1H3,(H,22,25). The highest BCUT2D eigenvalue weighted by Gasteiger charge is 2.08. The van der Waals surface area contributed by atoms with Gasteiger partial charge < -0.3 is 5.32 Å². The third kappa shape index (κ3) is 4.46. The topological polar surface area (TPSA) is 64.0 Å². The molecule has 5 nitrogen and oxygen atoms in total. The van der Waals surface area contributed by atoms with E-state index in [1.165, 1.54) is 16.3 Å². The van der Waals surface area contributed by atoms with Crippen molar-refractivity contribution in [2.24, 2.45) is 0 Å². The van der Waals surface area contributed by atoms with Gasteiger partial charge in [-0.1, -0.05) is 47.1 Å². The fourth-order valence-electron chi connectivity index (χ4n) is 2.50. The van der Waals surface area contributed by atoms with Crippen LogP contribution in [0.25, 0.3) is 11.3 Å². The number of nitrogens with one attached hydrogen (secondary N) is 1. The largest absolute Gasteiger partial charge is 0.324 e. The van der Waals surface area contributed by atoms with Gasteiger partial charge >= 0.3 is 0 Å². The average Bonchev–Trinajstić information content (AvgIpc) is 2.65. The normalized spacial score (nSPS) is 10.5. The number of carbonyl (C=O) groups is 1. The van der Waals surface area contributed by atoms with Crippen LogP contribution in [0.2, 0.25) is 0 Å². The summed E-state index contributed by atoms with van der Waals surface area (Å²) >= 11 is 3.35. The summed E-state index contributed by atoms with van der Waals surface area (Å²) in [4.78, 5) is 24.3. The number of amides is 1. The molecule has 0 radical (unpaired) electrons. The van der Waals surface area contributed by atoms with E-state index in [0.29, 0.717) is 11.4 Å². The van der Waals surface area contributed by atoms with Crippen molar-refractivity contribution >= 4 is 27.5 Å². The molecule has 0 unspecified atom stereocenters. The molecule has 0 saturated heterocycles. The highest BCUT2D eigenvalue weighted by Crippen LogP contribution is 2.17. The monoisotopic (exact) mass is 411 g/mol. The number of nitrogens with zero attached hydrogens (tertiary/aromatic N) is 2. The Morgan fingerprint density at radius 1 is 1.04 bits per heavy atom. The van der Waals surface area contributed by atoms with Crippen LogP contribution >= 0.6 is 15.9 Å². The Bertz CT molecular complexity index is 964. The highest BCUT2D eigenvalue weighted by atomic mass is 79.9. The van der Waals surface area contributed by atoms with Crippen LogP contribution in [0.5, 0.6) is 0 Å². The summed E-state index contributed by atoms with van der Waals surface area (Å²) in [5.41, 5.74) is 3.14. The summed E-state index contributed by atoms with van der Waals surface area (Å²) in [6.45, 7) is 1.95. The number of aryl methyl sites for hydroxylation is 1. The van der Waals surface area contributed by atoms with Crippen molar-refractivity contribution in [3.8, 4) is 11.3 Å². The van der Waals surface area contributed by atoms with Crippen molar-refractivity contribution in [3.05, 3.63) is 81.1 Å². The first-order valence-corrected chi connectivity index (χ1v) is 9.07. The number of halogens is 1. The second-order valence-corrected chi connectivity index (χ2v) is 6.74. The summed E-state index contributed by atoms with van der Waals surface area (Å²) in [6, 6.07) is 18.3. The molecule has 1 amide bonds. The molecule has 6 heteroatoms. The fraction of sp³-hybridized carbons (Fsp3) is 0.150. The number of aromatic nitrogens is 2. The van der Waals surface area contributed by atoms with Crippen LogP contribution in [0.15, 0.2) is 69.9 Å². The number of carbonyl (C=O) groups excluding carboxylic acids is 1. The van der Waals surface area contributed by atoms with Gasteiger partial charge in [0.25, 0.3) is 5.56 Å². The van der Waals surface area contributed by atoms with Crippen molar-refractivity contribution in [1.29, 1.82) is 0 Å². The Kier molecular flexibility index (Phi) is 5.63. The van der Waals surface area contributed by atoms with Gasteiger partial charge in [-0.05, 0) is 42.3 Å². The van der Waals surface area contributed by atoms with E-state index in [9.17, 15) is 9.59 Å². The zero-order chi connectivity index (χ0) is 18.5. The molecule has 2 aromatic carbocycles. The first kappa shape index (κ1) is 18.1. The van der Waals surface area contributed by atoms with Crippen LogP contribution in [0.3, 0.4) is 0 Å². The Balaban J connectivity index is 1.77. The van der Waals surface area contributed by atoms with E-state index in [1.54, 1.807) is 18.2 Å². The van der Waals surface area contributed by atoms with Crippen LogP contribution in [0, 0.1) is 0 Å². The van der Waals surface area contributed by atoms with Gasteiger partial charge in [0.05, 0.1) is 5.69 Å². The van der Waals surface area contributed by atoms with E-state index in [4.69, 9.17) is 0 Å². The lowest BCUT2D eigenvalue weighted by atomic mass is 10.1. The van der Waals surface area contributed by atoms with Gasteiger partial charge in [-0.2, -0.15) is 5.10 Å². The second-order valence-electron chi connectivity index (χ2n) is 5.82. The van der Waals surface area contributed by atoms with Gasteiger partial charge in [0.2, 0.25) is 5.91 Å². The Hall–Kier alpha value is -2.73. The maximum absolute atomic E-state index is 12.2. The number of benzene rings is 2. The van der Waals surface area contributed by atoms with Gasteiger partial charge in [0, 0.05) is 21.8 Å². The molecule has 1 N–H and O–H groups in total. The minimum Gasteiger partial charge on any atom is -0.324 e. The van der Waals surface area contributed by atoms with Crippen LogP contribution < -0.4 is 10.9 Å². The van der Waals surface area contributed by atoms with Crippen LogP contribution in [0.4, 0.5) is 5.69 Å². The third-order valence-corrected chi connectivity index (χ3v) is 4.47. The molecular formula is C20H18BrN3O2. The average molecular weight is 412 g/mol. The number of hydrogen-bond donors (Lipinski definition) is 1. The second kappa shape index (κ2) is 8.10. The number of rotatable bonds is 5. The van der Waals surface area contributed by atoms with Gasteiger partial charge in [-0.15, -0.1) is 0 Å². The van der Waals surface area contributed by atoms with E-state index in [2.05, 4.69) is 33.3 Å². The summed E-state index contributed by atoms with van der Waals surface area (Å²) < 4.78 is 2.10. The zero-order valence-corrected chi connectivity index (χ0v) is 15.9. The molecular weight excluding hydrogens is 394 g/mol. The maximum atomic E-state index is 12.2. The van der Waals surface area contributed by atoms with Crippen molar-refractivity contribution in [1.82, 2.24) is 9.78 Å². The predicted molar refractivity (Wildman–Crippen MR) is 106 cm³/mol. The minimum atomic E-state index is -0.315. The number of anilines is 1. The van der Waals surface area contributed by atoms with Crippen molar-refractivity contribution in [2.45, 2.75) is 19.9 Å². The lowest BCUT2D eigenvalue weighted by Gasteiger charge is -2.09. The fourth-order valence-corrected chi connectivity index (χ4v) is 2.76. The smallest absolute Gasteiger partial charge is 0.267 e. The summed E-state index contributed by atoms with van der Waals surface area (Å²) in [7, 11) is 0. The number of hydrogen-bond acceptors (Lipinski definition) is 3. The molecule has 0 aliphatic heterocycles. The molecule has 132 valence electrons. The van der Waals surface area contributed by atoms with Crippen molar-refractivity contribution < 1.29 is 4.79 Å². The molecule has 1 aromatic heterocycles. The van der Waals surface area contributed by atoms with Gasteiger partial charge in [-0.25, -0.2) is 4.68 Å². The Morgan fingerprint density at radius 3 is 2.38 bits per heavy atom. The zero-order valence-electron chi connectivity index (χ0n) is 14.3. The van der Waals surface area contributed by atoms with E-state index in [0.717, 1.165) is 16.5 Å². The van der Waals surface area contributed by atoms with Crippen molar-refractivity contribution in [3.63, 3.8) is 0 Å². The van der Waals surface area contributed by atoms with Gasteiger partial charge in [-0.3, -0.25) is 9.59 Å². The molecule has 3 aromatic rings. The lowest BCUT2D eigenvalue weighted by Crippen LogP contribution is -2.29. The van der Waals surface area contributed by atoms with Crippen LogP contribution in [-0.4, -0.2) is 15.7 Å². The Labute approximate surface area is 159 Å². The summed E-state index contributed by atoms with van der Waals surface area (Å²) in [6.07, 6.45) is 0.962. The SMILES string of the molecule is CCc1ccc(-c2ccc(=O)n(CC(=O)Nc3ccc(Br)cc3)n2)cc1. The highest BCUT2D eigenvalue weighted by molar-refractivity contribution is 9.10. The maximum Gasteiger partial charge on any atom is 0.267 e.